The predicted octanol–water partition coefficient (Wildman–Crippen LogP) is 4.32. The Kier molecular flexibility index (Phi) is 6.69. The number of anilines is 1. The molecule has 3 aromatic rings. The number of ether oxygens (including phenoxy) is 1. The number of nitriles is 1. The van der Waals surface area contributed by atoms with Crippen molar-refractivity contribution >= 4 is 22.7 Å². The van der Waals surface area contributed by atoms with Crippen LogP contribution in [0.15, 0.2) is 18.3 Å². The zero-order valence-corrected chi connectivity index (χ0v) is 20.8. The molecule has 8 heteroatoms. The zero-order chi connectivity index (χ0) is 24.4. The number of allylic oxidation sites excluding steroid dienone is 1. The number of hydrogen-bond donors (Lipinski definition) is 1. The van der Waals surface area contributed by atoms with Crippen molar-refractivity contribution in [3.8, 4) is 12.1 Å². The second kappa shape index (κ2) is 10.0. The highest BCUT2D eigenvalue weighted by Crippen LogP contribution is 2.35. The molecule has 1 saturated heterocycles. The first-order valence-electron chi connectivity index (χ1n) is 12.5. The van der Waals surface area contributed by atoms with E-state index in [2.05, 4.69) is 53.0 Å². The molecule has 8 nitrogen and oxygen atoms in total. The first-order valence-corrected chi connectivity index (χ1v) is 12.5. The van der Waals surface area contributed by atoms with Gasteiger partial charge in [-0.3, -0.25) is 5.10 Å². The lowest BCUT2D eigenvalue weighted by Gasteiger charge is -2.32. The van der Waals surface area contributed by atoms with Crippen LogP contribution in [0.5, 0.6) is 6.01 Å². The number of fused-ring (bicyclic) bond motifs is 2. The lowest BCUT2D eigenvalue weighted by atomic mass is 9.98. The molecule has 1 aromatic carbocycles. The molecule has 1 N–H and O–H groups in total. The van der Waals surface area contributed by atoms with Gasteiger partial charge in [0.05, 0.1) is 41.4 Å². The summed E-state index contributed by atoms with van der Waals surface area (Å²) in [5.41, 5.74) is 7.90. The Hall–Kier alpha value is -3.44. The van der Waals surface area contributed by atoms with Gasteiger partial charge in [-0.1, -0.05) is 6.08 Å². The smallest absolute Gasteiger partial charge is 0.317 e. The van der Waals surface area contributed by atoms with E-state index < -0.39 is 0 Å². The monoisotopic (exact) mass is 471 g/mol. The first-order chi connectivity index (χ1) is 17.0. The maximum atomic E-state index is 8.89. The molecule has 0 radical (unpaired) electrons. The largest absolute Gasteiger partial charge is 0.462 e. The van der Waals surface area contributed by atoms with Gasteiger partial charge in [-0.05, 0) is 76.4 Å². The molecule has 182 valence electrons. The molecule has 1 atom stereocenters. The average molecular weight is 472 g/mol. The molecule has 0 unspecified atom stereocenters. The quantitative estimate of drug-likeness (QED) is 0.513. The summed E-state index contributed by atoms with van der Waals surface area (Å²) < 4.78 is 6.15. The highest BCUT2D eigenvalue weighted by atomic mass is 16.5. The second-order valence-electron chi connectivity index (χ2n) is 9.67. The van der Waals surface area contributed by atoms with Crippen LogP contribution in [0.25, 0.3) is 17.0 Å². The van der Waals surface area contributed by atoms with Gasteiger partial charge in [0.2, 0.25) is 0 Å². The number of aromatic amines is 1. The van der Waals surface area contributed by atoms with Gasteiger partial charge in [0.25, 0.3) is 0 Å². The van der Waals surface area contributed by atoms with E-state index in [1.54, 1.807) is 0 Å². The minimum absolute atomic E-state index is 0.407. The van der Waals surface area contributed by atoms with E-state index in [0.717, 1.165) is 48.2 Å². The molecule has 0 saturated carbocycles. The Morgan fingerprint density at radius 1 is 1.29 bits per heavy atom. The topological polar surface area (TPSA) is 94.0 Å². The van der Waals surface area contributed by atoms with Crippen LogP contribution in [0.1, 0.15) is 53.8 Å². The van der Waals surface area contributed by atoms with Crippen LogP contribution in [0.4, 0.5) is 5.69 Å². The van der Waals surface area contributed by atoms with Gasteiger partial charge >= 0.3 is 6.01 Å². The summed E-state index contributed by atoms with van der Waals surface area (Å²) in [6, 6.07) is 5.22. The van der Waals surface area contributed by atoms with Gasteiger partial charge in [-0.25, -0.2) is 0 Å². The number of rotatable bonds is 7. The van der Waals surface area contributed by atoms with Crippen LogP contribution in [-0.2, 0) is 13.0 Å². The zero-order valence-electron chi connectivity index (χ0n) is 20.8. The van der Waals surface area contributed by atoms with Crippen LogP contribution in [0.2, 0.25) is 0 Å². The summed E-state index contributed by atoms with van der Waals surface area (Å²) in [6.45, 7) is 7.62. The second-order valence-corrected chi connectivity index (χ2v) is 9.67. The molecule has 2 aliphatic heterocycles. The van der Waals surface area contributed by atoms with Gasteiger partial charge < -0.3 is 14.5 Å². The summed E-state index contributed by atoms with van der Waals surface area (Å²) in [7, 11) is 2.15. The molecule has 2 aromatic heterocycles. The number of likely N-dealkylation sites (tertiary alicyclic amines) is 1. The number of aromatic nitrogens is 4. The maximum absolute atomic E-state index is 8.89. The number of benzene rings is 1. The van der Waals surface area contributed by atoms with Crippen molar-refractivity contribution in [3.05, 3.63) is 46.4 Å². The third-order valence-corrected chi connectivity index (χ3v) is 7.40. The molecule has 4 heterocycles. The van der Waals surface area contributed by atoms with Crippen molar-refractivity contribution in [1.82, 2.24) is 25.1 Å². The van der Waals surface area contributed by atoms with E-state index in [4.69, 9.17) is 20.0 Å². The molecule has 1 fully saturated rings. The highest BCUT2D eigenvalue weighted by Gasteiger charge is 2.26. The molecule has 0 spiro atoms. The van der Waals surface area contributed by atoms with Crippen molar-refractivity contribution in [2.75, 3.05) is 31.6 Å². The summed E-state index contributed by atoms with van der Waals surface area (Å²) in [4.78, 5) is 14.4. The van der Waals surface area contributed by atoms with Gasteiger partial charge in [-0.15, -0.1) is 0 Å². The van der Waals surface area contributed by atoms with Crippen LogP contribution in [-0.4, -0.2) is 57.9 Å². The molecule has 0 amide bonds. The minimum Gasteiger partial charge on any atom is -0.462 e. The third-order valence-electron chi connectivity index (χ3n) is 7.40. The van der Waals surface area contributed by atoms with Crippen molar-refractivity contribution in [2.24, 2.45) is 0 Å². The van der Waals surface area contributed by atoms with Gasteiger partial charge in [0, 0.05) is 30.0 Å². The van der Waals surface area contributed by atoms with Crippen LogP contribution in [0.3, 0.4) is 0 Å². The van der Waals surface area contributed by atoms with Crippen LogP contribution in [0, 0.1) is 25.2 Å². The van der Waals surface area contributed by atoms with Crippen molar-refractivity contribution in [1.29, 1.82) is 5.26 Å². The van der Waals surface area contributed by atoms with E-state index in [1.165, 1.54) is 28.8 Å². The van der Waals surface area contributed by atoms with E-state index >= 15 is 0 Å². The van der Waals surface area contributed by atoms with Gasteiger partial charge in [-0.2, -0.15) is 20.3 Å². The molecule has 2 aliphatic rings. The normalized spacial score (nSPS) is 18.3. The number of unbranched alkanes of at least 4 members (excludes halogenated alkanes) is 1. The molecule has 0 bridgehead atoms. The number of H-pyrrole nitrogens is 1. The Balaban J connectivity index is 1.47. The molecular formula is C27H33N7O. The van der Waals surface area contributed by atoms with Gasteiger partial charge in [0.1, 0.15) is 6.61 Å². The summed E-state index contributed by atoms with van der Waals surface area (Å²) >= 11 is 0. The van der Waals surface area contributed by atoms with E-state index in [9.17, 15) is 0 Å². The standard InChI is InChI=1S/C27H33N7O/c1-18-14-24-22(15-29-32-24)26(19(18)2)34-13-10-21-23(9-5-4-6-11-28)30-27(31-25(21)16-34)35-17-20-8-7-12-33(20)3/h5,9,14-15,20H,4,6-8,10,12-13,16-17H2,1-3H3,(H,29,32)/t20-/m0/s1. The van der Waals surface area contributed by atoms with E-state index in [-0.39, 0.29) is 0 Å². The van der Waals surface area contributed by atoms with Crippen molar-refractivity contribution in [3.63, 3.8) is 0 Å². The van der Waals surface area contributed by atoms with E-state index in [0.29, 0.717) is 38.0 Å². The lowest BCUT2D eigenvalue weighted by molar-refractivity contribution is 0.187. The summed E-state index contributed by atoms with van der Waals surface area (Å²) in [5.74, 6) is 0. The average Bonchev–Trinajstić information content (AvgIpc) is 3.49. The fourth-order valence-corrected chi connectivity index (χ4v) is 5.25. The lowest BCUT2D eigenvalue weighted by Crippen LogP contribution is -2.33. The predicted molar refractivity (Wildman–Crippen MR) is 137 cm³/mol. The number of hydrogen-bond acceptors (Lipinski definition) is 7. The van der Waals surface area contributed by atoms with Crippen LogP contribution < -0.4 is 9.64 Å². The number of nitrogens with one attached hydrogen (secondary N) is 1. The molecule has 5 rings (SSSR count). The third kappa shape index (κ3) is 4.73. The Morgan fingerprint density at radius 2 is 2.17 bits per heavy atom. The summed E-state index contributed by atoms with van der Waals surface area (Å²) in [6.07, 6.45) is 10.4. The minimum atomic E-state index is 0.407. The Labute approximate surface area is 206 Å². The highest BCUT2D eigenvalue weighted by molar-refractivity contribution is 5.94. The van der Waals surface area contributed by atoms with Gasteiger partial charge in [0.15, 0.2) is 0 Å². The van der Waals surface area contributed by atoms with Crippen molar-refractivity contribution < 1.29 is 4.74 Å². The Bertz CT molecular complexity index is 1290. The maximum Gasteiger partial charge on any atom is 0.317 e. The summed E-state index contributed by atoms with van der Waals surface area (Å²) in [5, 5.41) is 17.5. The fraction of sp³-hybridized carbons (Fsp3) is 0.481. The van der Waals surface area contributed by atoms with Crippen LogP contribution >= 0.6 is 0 Å². The number of aryl methyl sites for hydroxylation is 1. The molecule has 35 heavy (non-hydrogen) atoms. The SMILES string of the molecule is Cc1cc2[nH]ncc2c(N2CCc3c(C=CCCC#N)nc(OC[C@@H]4CCCN4C)nc3C2)c1C. The molecule has 0 aliphatic carbocycles. The number of likely N-dealkylation sites (N-methyl/N-ethyl adjacent to an activating group) is 1. The molecular weight excluding hydrogens is 438 g/mol. The Morgan fingerprint density at radius 3 is 2.97 bits per heavy atom. The number of nitrogens with zero attached hydrogens (tertiary/aromatic N) is 6. The van der Waals surface area contributed by atoms with E-state index in [1.807, 2.05) is 18.3 Å². The van der Waals surface area contributed by atoms with Crippen molar-refractivity contribution in [2.45, 2.75) is 58.5 Å². The first kappa shape index (κ1) is 23.3. The fourth-order valence-electron chi connectivity index (χ4n) is 5.25.